The molecular formula is C18H13ClO2. The fraction of sp³-hybridized carbons (Fsp3) is 0.0556. The van der Waals surface area contributed by atoms with Gasteiger partial charge in [-0.15, -0.1) is 0 Å². The molecule has 104 valence electrons. The predicted octanol–water partition coefficient (Wildman–Crippen LogP) is 4.98. The number of fused-ring (bicyclic) bond motifs is 1. The molecule has 0 aliphatic heterocycles. The molecule has 2 nitrogen and oxygen atoms in total. The Morgan fingerprint density at radius 1 is 0.952 bits per heavy atom. The quantitative estimate of drug-likeness (QED) is 0.637. The van der Waals surface area contributed by atoms with E-state index in [4.69, 9.17) is 16.3 Å². The van der Waals surface area contributed by atoms with Crippen LogP contribution in [0.5, 0.6) is 5.75 Å². The molecule has 0 aliphatic rings. The average Bonchev–Trinajstić information content (AvgIpc) is 2.53. The first-order valence-electron chi connectivity index (χ1n) is 6.54. The number of hydrogen-bond acceptors (Lipinski definition) is 2. The van der Waals surface area contributed by atoms with Crippen molar-refractivity contribution in [2.24, 2.45) is 0 Å². The second kappa shape index (κ2) is 5.58. The van der Waals surface area contributed by atoms with Crippen LogP contribution < -0.4 is 4.74 Å². The van der Waals surface area contributed by atoms with Crippen LogP contribution >= 0.6 is 11.6 Å². The zero-order chi connectivity index (χ0) is 14.8. The van der Waals surface area contributed by atoms with E-state index in [0.717, 1.165) is 33.9 Å². The smallest absolute Gasteiger partial charge is 0.150 e. The highest BCUT2D eigenvalue weighted by molar-refractivity contribution is 6.31. The number of methoxy groups -OCH3 is 1. The summed E-state index contributed by atoms with van der Waals surface area (Å²) in [5, 5.41) is 2.79. The topological polar surface area (TPSA) is 26.3 Å². The van der Waals surface area contributed by atoms with Gasteiger partial charge in [0.1, 0.15) is 5.75 Å². The van der Waals surface area contributed by atoms with Gasteiger partial charge in [0.25, 0.3) is 0 Å². The van der Waals surface area contributed by atoms with Gasteiger partial charge in [-0.25, -0.2) is 0 Å². The van der Waals surface area contributed by atoms with E-state index in [1.807, 2.05) is 42.5 Å². The van der Waals surface area contributed by atoms with Crippen LogP contribution in [0.3, 0.4) is 0 Å². The molecule has 0 unspecified atom stereocenters. The van der Waals surface area contributed by atoms with E-state index in [1.54, 1.807) is 19.2 Å². The minimum absolute atomic E-state index is 0.616. The molecular weight excluding hydrogens is 284 g/mol. The van der Waals surface area contributed by atoms with Crippen LogP contribution in [0, 0.1) is 0 Å². The molecule has 0 aromatic heterocycles. The first-order chi connectivity index (χ1) is 10.2. The predicted molar refractivity (Wildman–Crippen MR) is 86.3 cm³/mol. The Kier molecular flexibility index (Phi) is 3.63. The Hall–Kier alpha value is -2.32. The molecule has 0 saturated carbocycles. The van der Waals surface area contributed by atoms with Gasteiger partial charge in [-0.3, -0.25) is 4.79 Å². The molecule has 0 fully saturated rings. The first kappa shape index (κ1) is 13.7. The molecule has 0 N–H and O–H groups in total. The van der Waals surface area contributed by atoms with Crippen LogP contribution in [0.1, 0.15) is 10.4 Å². The summed E-state index contributed by atoms with van der Waals surface area (Å²) in [6.07, 6.45) is 0.851. The maximum Gasteiger partial charge on any atom is 0.150 e. The fourth-order valence-corrected chi connectivity index (χ4v) is 2.57. The van der Waals surface area contributed by atoms with E-state index < -0.39 is 0 Å². The van der Waals surface area contributed by atoms with Crippen molar-refractivity contribution in [2.75, 3.05) is 7.11 Å². The van der Waals surface area contributed by atoms with Crippen LogP contribution in [0.4, 0.5) is 0 Å². The van der Waals surface area contributed by atoms with E-state index in [0.29, 0.717) is 10.6 Å². The maximum atomic E-state index is 11.2. The number of benzene rings is 3. The van der Waals surface area contributed by atoms with Crippen molar-refractivity contribution in [3.05, 3.63) is 65.2 Å². The number of hydrogen-bond donors (Lipinski definition) is 0. The van der Waals surface area contributed by atoms with Gasteiger partial charge in [0.2, 0.25) is 0 Å². The molecule has 0 heterocycles. The van der Waals surface area contributed by atoms with Crippen molar-refractivity contribution < 1.29 is 9.53 Å². The van der Waals surface area contributed by atoms with E-state index in [1.165, 1.54) is 0 Å². The Labute approximate surface area is 127 Å². The van der Waals surface area contributed by atoms with E-state index in [2.05, 4.69) is 0 Å². The van der Waals surface area contributed by atoms with Crippen LogP contribution in [-0.4, -0.2) is 13.4 Å². The molecule has 21 heavy (non-hydrogen) atoms. The van der Waals surface area contributed by atoms with Gasteiger partial charge in [0.15, 0.2) is 6.29 Å². The summed E-state index contributed by atoms with van der Waals surface area (Å²) in [4.78, 5) is 11.2. The van der Waals surface area contributed by atoms with Gasteiger partial charge in [-0.05, 0) is 58.3 Å². The third-order valence-corrected chi connectivity index (χ3v) is 3.74. The van der Waals surface area contributed by atoms with Crippen molar-refractivity contribution in [1.82, 2.24) is 0 Å². The summed E-state index contributed by atoms with van der Waals surface area (Å²) in [7, 11) is 1.65. The Morgan fingerprint density at radius 3 is 2.48 bits per heavy atom. The summed E-state index contributed by atoms with van der Waals surface area (Å²) in [5.74, 6) is 0.826. The highest BCUT2D eigenvalue weighted by Gasteiger charge is 2.07. The highest BCUT2D eigenvalue weighted by atomic mass is 35.5. The second-order valence-corrected chi connectivity index (χ2v) is 5.21. The summed E-state index contributed by atoms with van der Waals surface area (Å²) in [6, 6.07) is 17.2. The lowest BCUT2D eigenvalue weighted by molar-refractivity contribution is 0.112. The van der Waals surface area contributed by atoms with Crippen LogP contribution in [-0.2, 0) is 0 Å². The first-order valence-corrected chi connectivity index (χ1v) is 6.92. The Balaban J connectivity index is 2.17. The third-order valence-electron chi connectivity index (χ3n) is 3.50. The van der Waals surface area contributed by atoms with Gasteiger partial charge < -0.3 is 4.74 Å². The molecule has 0 spiro atoms. The molecule has 0 saturated heterocycles. The molecule has 3 aromatic carbocycles. The fourth-order valence-electron chi connectivity index (χ4n) is 2.40. The Bertz CT molecular complexity index is 825. The summed E-state index contributed by atoms with van der Waals surface area (Å²) >= 11 is 6.05. The third kappa shape index (κ3) is 2.63. The number of ether oxygens (including phenoxy) is 1. The van der Waals surface area contributed by atoms with E-state index in [-0.39, 0.29) is 0 Å². The monoisotopic (exact) mass is 296 g/mol. The molecule has 3 aromatic rings. The van der Waals surface area contributed by atoms with Gasteiger partial charge in [0, 0.05) is 10.6 Å². The van der Waals surface area contributed by atoms with Crippen molar-refractivity contribution in [3.63, 3.8) is 0 Å². The lowest BCUT2D eigenvalue weighted by Gasteiger charge is -2.08. The van der Waals surface area contributed by atoms with Crippen molar-refractivity contribution in [1.29, 1.82) is 0 Å². The summed E-state index contributed by atoms with van der Waals surface area (Å²) in [6.45, 7) is 0. The zero-order valence-electron chi connectivity index (χ0n) is 11.5. The molecule has 0 aliphatic carbocycles. The molecule has 0 radical (unpaired) electrons. The maximum absolute atomic E-state index is 11.2. The second-order valence-electron chi connectivity index (χ2n) is 4.78. The molecule has 0 atom stereocenters. The zero-order valence-corrected chi connectivity index (χ0v) is 12.2. The van der Waals surface area contributed by atoms with Crippen LogP contribution in [0.2, 0.25) is 5.02 Å². The highest BCUT2D eigenvalue weighted by Crippen LogP contribution is 2.30. The molecule has 3 rings (SSSR count). The number of rotatable bonds is 3. The van der Waals surface area contributed by atoms with Crippen molar-refractivity contribution in [2.45, 2.75) is 0 Å². The van der Waals surface area contributed by atoms with Crippen LogP contribution in [0.25, 0.3) is 21.9 Å². The lowest BCUT2D eigenvalue weighted by Crippen LogP contribution is -1.88. The van der Waals surface area contributed by atoms with Gasteiger partial charge in [0.05, 0.1) is 7.11 Å². The van der Waals surface area contributed by atoms with Gasteiger partial charge in [-0.2, -0.15) is 0 Å². The Morgan fingerprint density at radius 2 is 1.71 bits per heavy atom. The van der Waals surface area contributed by atoms with Gasteiger partial charge >= 0.3 is 0 Å². The number of carbonyl (C=O) groups excluding carboxylic acids is 1. The minimum Gasteiger partial charge on any atom is -0.497 e. The summed E-state index contributed by atoms with van der Waals surface area (Å²) < 4.78 is 5.23. The van der Waals surface area contributed by atoms with E-state index >= 15 is 0 Å². The van der Waals surface area contributed by atoms with Gasteiger partial charge in [-0.1, -0.05) is 29.8 Å². The van der Waals surface area contributed by atoms with Crippen molar-refractivity contribution in [3.8, 4) is 16.9 Å². The normalized spacial score (nSPS) is 10.6. The van der Waals surface area contributed by atoms with Crippen molar-refractivity contribution >= 4 is 28.7 Å². The lowest BCUT2D eigenvalue weighted by atomic mass is 9.97. The van der Waals surface area contributed by atoms with E-state index in [9.17, 15) is 4.79 Å². The molecule has 0 bridgehead atoms. The standard InChI is InChI=1S/C18H13ClO2/c1-21-17-7-5-12-8-14(3-2-13(12)9-17)18-10-16(19)6-4-15(18)11-20/h2-11H,1H3. The SMILES string of the molecule is COc1ccc2cc(-c3cc(Cl)ccc3C=O)ccc2c1. The number of halogens is 1. The average molecular weight is 297 g/mol. The molecule has 3 heteroatoms. The molecule has 0 amide bonds. The number of carbonyl (C=O) groups is 1. The minimum atomic E-state index is 0.616. The largest absolute Gasteiger partial charge is 0.497 e. The summed E-state index contributed by atoms with van der Waals surface area (Å²) in [5.41, 5.74) is 2.44. The van der Waals surface area contributed by atoms with Crippen LogP contribution in [0.15, 0.2) is 54.6 Å². The number of aldehydes is 1.